The van der Waals surface area contributed by atoms with E-state index in [2.05, 4.69) is 103 Å². The van der Waals surface area contributed by atoms with Gasteiger partial charge in [-0.25, -0.2) is 4.98 Å². The van der Waals surface area contributed by atoms with Crippen molar-refractivity contribution in [2.24, 2.45) is 0 Å². The van der Waals surface area contributed by atoms with Gasteiger partial charge in [0.25, 0.3) is 0 Å². The van der Waals surface area contributed by atoms with Crippen LogP contribution in [0.4, 0.5) is 0 Å². The Balaban J connectivity index is 1.41. The maximum atomic E-state index is 15.1. The Kier molecular flexibility index (Phi) is 6.99. The molecule has 0 saturated heterocycles. The quantitative estimate of drug-likeness (QED) is 0.175. The van der Waals surface area contributed by atoms with E-state index in [1.165, 1.54) is 15.1 Å². The minimum Gasteiger partial charge on any atom is -0.309 e. The first-order valence-electron chi connectivity index (χ1n) is 15.0. The molecule has 0 aliphatic heterocycles. The van der Waals surface area contributed by atoms with E-state index in [9.17, 15) is 0 Å². The monoisotopic (exact) mass is 613 g/mol. The summed E-state index contributed by atoms with van der Waals surface area (Å²) in [6.07, 6.45) is 0. The van der Waals surface area contributed by atoms with Gasteiger partial charge in [-0.05, 0) is 17.2 Å². The predicted octanol–water partition coefficient (Wildman–Crippen LogP) is 10.1. The molecular formula is C41H28NOPS. The number of para-hydroxylation sites is 1. The molecule has 0 unspecified atom stereocenters. The van der Waals surface area contributed by atoms with E-state index in [0.29, 0.717) is 0 Å². The average molecular weight is 614 g/mol. The number of pyridine rings is 1. The molecule has 0 aliphatic carbocycles. The van der Waals surface area contributed by atoms with E-state index in [-0.39, 0.29) is 0 Å². The van der Waals surface area contributed by atoms with Gasteiger partial charge in [0.05, 0.1) is 11.2 Å². The van der Waals surface area contributed by atoms with Gasteiger partial charge in [0.2, 0.25) is 0 Å². The van der Waals surface area contributed by atoms with Crippen LogP contribution in [0.15, 0.2) is 170 Å². The van der Waals surface area contributed by atoms with E-state index in [1.807, 2.05) is 78.1 Å². The highest BCUT2D eigenvalue weighted by molar-refractivity contribution is 7.85. The minimum atomic E-state index is -3.09. The molecule has 0 radical (unpaired) electrons. The van der Waals surface area contributed by atoms with Crippen molar-refractivity contribution >= 4 is 55.4 Å². The van der Waals surface area contributed by atoms with Crippen LogP contribution in [0.3, 0.4) is 0 Å². The number of nitrogens with zero attached hydrogens (tertiary/aromatic N) is 1. The topological polar surface area (TPSA) is 30.0 Å². The third-order valence-electron chi connectivity index (χ3n) is 8.37. The van der Waals surface area contributed by atoms with Crippen molar-refractivity contribution in [3.63, 3.8) is 0 Å². The fourth-order valence-electron chi connectivity index (χ4n) is 6.22. The molecule has 6 aromatic carbocycles. The Morgan fingerprint density at radius 3 is 1.56 bits per heavy atom. The third kappa shape index (κ3) is 4.73. The first kappa shape index (κ1) is 27.5. The highest BCUT2D eigenvalue weighted by Gasteiger charge is 2.30. The third-order valence-corrected chi connectivity index (χ3v) is 12.7. The van der Waals surface area contributed by atoms with Gasteiger partial charge in [-0.15, -0.1) is 11.3 Å². The second-order valence-electron chi connectivity index (χ2n) is 11.0. The van der Waals surface area contributed by atoms with E-state index < -0.39 is 7.14 Å². The second-order valence-corrected chi connectivity index (χ2v) is 14.8. The lowest BCUT2D eigenvalue weighted by Gasteiger charge is -2.20. The van der Waals surface area contributed by atoms with Crippen LogP contribution in [0.2, 0.25) is 0 Å². The summed E-state index contributed by atoms with van der Waals surface area (Å²) in [4.78, 5) is 6.46. The summed E-state index contributed by atoms with van der Waals surface area (Å²) >= 11 is 1.82. The van der Waals surface area contributed by atoms with Crippen molar-refractivity contribution in [2.45, 2.75) is 0 Å². The Hall–Kier alpha value is -5.08. The zero-order valence-corrected chi connectivity index (χ0v) is 26.1. The van der Waals surface area contributed by atoms with Crippen LogP contribution in [0.25, 0.3) is 53.8 Å². The van der Waals surface area contributed by atoms with Crippen LogP contribution in [-0.4, -0.2) is 4.98 Å². The smallest absolute Gasteiger partial charge is 0.171 e. The minimum absolute atomic E-state index is 0.816. The van der Waals surface area contributed by atoms with Gasteiger partial charge in [-0.1, -0.05) is 164 Å². The van der Waals surface area contributed by atoms with Gasteiger partial charge in [0.15, 0.2) is 7.14 Å². The van der Waals surface area contributed by atoms with Crippen LogP contribution in [0, 0.1) is 0 Å². The zero-order chi connectivity index (χ0) is 30.2. The van der Waals surface area contributed by atoms with Crippen molar-refractivity contribution in [1.82, 2.24) is 4.98 Å². The number of rotatable bonds is 6. The molecule has 0 saturated carbocycles. The normalized spacial score (nSPS) is 11.6. The van der Waals surface area contributed by atoms with Crippen LogP contribution < -0.4 is 15.9 Å². The molecule has 8 rings (SSSR count). The van der Waals surface area contributed by atoms with E-state index in [1.54, 1.807) is 0 Å². The molecular weight excluding hydrogens is 585 g/mol. The lowest BCUT2D eigenvalue weighted by Crippen LogP contribution is -2.24. The molecule has 4 heteroatoms. The first-order valence-corrected chi connectivity index (χ1v) is 17.5. The maximum Gasteiger partial charge on any atom is 0.171 e. The number of fused-ring (bicyclic) bond motifs is 3. The summed E-state index contributed by atoms with van der Waals surface area (Å²) in [7, 11) is -3.09. The molecule has 8 aromatic rings. The molecule has 2 heterocycles. The van der Waals surface area contributed by atoms with Crippen molar-refractivity contribution in [2.75, 3.05) is 0 Å². The number of hydrogen-bond donors (Lipinski definition) is 0. The highest BCUT2D eigenvalue weighted by atomic mass is 32.1. The van der Waals surface area contributed by atoms with E-state index in [4.69, 9.17) is 4.98 Å². The SMILES string of the molecule is O=P(c1ccccc1)(c1ccccc1)c1ccc(-c2c(-c3ccccc3)sc3c2c(-c2ccccc2)nc2ccccc23)cc1. The molecule has 2 aromatic heterocycles. The van der Waals surface area contributed by atoms with Gasteiger partial charge in [0, 0.05) is 47.4 Å². The van der Waals surface area contributed by atoms with E-state index in [0.717, 1.165) is 54.6 Å². The zero-order valence-electron chi connectivity index (χ0n) is 24.4. The van der Waals surface area contributed by atoms with Crippen LogP contribution in [-0.2, 0) is 4.57 Å². The summed E-state index contributed by atoms with van der Waals surface area (Å²) in [5, 5.41) is 4.77. The molecule has 0 atom stereocenters. The highest BCUT2D eigenvalue weighted by Crippen LogP contribution is 2.50. The molecule has 0 bridgehead atoms. The van der Waals surface area contributed by atoms with Crippen LogP contribution in [0.1, 0.15) is 0 Å². The fraction of sp³-hybridized carbons (Fsp3) is 0. The molecule has 214 valence electrons. The summed E-state index contributed by atoms with van der Waals surface area (Å²) in [5.41, 5.74) is 6.44. The molecule has 2 nitrogen and oxygen atoms in total. The van der Waals surface area contributed by atoms with Gasteiger partial charge in [-0.2, -0.15) is 0 Å². The average Bonchev–Trinajstić information content (AvgIpc) is 3.54. The van der Waals surface area contributed by atoms with Crippen molar-refractivity contribution in [3.05, 3.63) is 170 Å². The lowest BCUT2D eigenvalue weighted by atomic mass is 9.95. The van der Waals surface area contributed by atoms with Crippen molar-refractivity contribution in [1.29, 1.82) is 0 Å². The molecule has 45 heavy (non-hydrogen) atoms. The van der Waals surface area contributed by atoms with Gasteiger partial charge in [-0.3, -0.25) is 0 Å². The van der Waals surface area contributed by atoms with E-state index >= 15 is 4.57 Å². The van der Waals surface area contributed by atoms with Gasteiger partial charge < -0.3 is 4.57 Å². The molecule has 0 N–H and O–H groups in total. The number of hydrogen-bond acceptors (Lipinski definition) is 3. The standard InChI is InChI=1S/C41H28NOPS/c43-44(32-19-9-3-10-20-32,33-21-11-4-12-22-33)34-27-25-29(26-28-34)37-38-39(30-15-5-1-6-16-30)42-36-24-14-13-23-35(36)41(38)45-40(37)31-17-7-2-8-18-31/h1-28H. The van der Waals surface area contributed by atoms with Crippen molar-refractivity contribution < 1.29 is 4.57 Å². The molecule has 0 fully saturated rings. The number of aromatic nitrogens is 1. The Labute approximate surface area is 266 Å². The van der Waals surface area contributed by atoms with Gasteiger partial charge >= 0.3 is 0 Å². The number of thiophene rings is 1. The Morgan fingerprint density at radius 2 is 0.956 bits per heavy atom. The van der Waals surface area contributed by atoms with Crippen LogP contribution >= 0.6 is 18.5 Å². The number of benzene rings is 6. The maximum absolute atomic E-state index is 15.1. The summed E-state index contributed by atoms with van der Waals surface area (Å²) in [5.74, 6) is 0. The summed E-state index contributed by atoms with van der Waals surface area (Å²) in [6, 6.07) is 57.6. The predicted molar refractivity (Wildman–Crippen MR) is 193 cm³/mol. The summed E-state index contributed by atoms with van der Waals surface area (Å²) in [6.45, 7) is 0. The lowest BCUT2D eigenvalue weighted by molar-refractivity contribution is 0.592. The first-order chi connectivity index (χ1) is 22.2. The van der Waals surface area contributed by atoms with Crippen LogP contribution in [0.5, 0.6) is 0 Å². The summed E-state index contributed by atoms with van der Waals surface area (Å²) < 4.78 is 16.3. The van der Waals surface area contributed by atoms with Crippen molar-refractivity contribution in [3.8, 4) is 32.8 Å². The molecule has 0 aliphatic rings. The fourth-order valence-corrected chi connectivity index (χ4v) is 10.2. The Bertz CT molecular complexity index is 2270. The molecule has 0 amide bonds. The largest absolute Gasteiger partial charge is 0.309 e. The van der Waals surface area contributed by atoms with Gasteiger partial charge in [0.1, 0.15) is 0 Å². The Morgan fingerprint density at radius 1 is 0.467 bits per heavy atom. The molecule has 0 spiro atoms. The second kappa shape index (κ2) is 11.4.